The Balaban J connectivity index is 1.84. The van der Waals surface area contributed by atoms with Gasteiger partial charge in [-0.2, -0.15) is 5.10 Å². The lowest BCUT2D eigenvalue weighted by molar-refractivity contribution is 0.247. The summed E-state index contributed by atoms with van der Waals surface area (Å²) in [5.74, 6) is -0.246. The second-order valence-electron chi connectivity index (χ2n) is 6.26. The predicted molar refractivity (Wildman–Crippen MR) is 94.9 cm³/mol. The fourth-order valence-electron chi connectivity index (χ4n) is 2.90. The zero-order valence-corrected chi connectivity index (χ0v) is 14.9. The van der Waals surface area contributed by atoms with E-state index < -0.39 is 0 Å². The summed E-state index contributed by atoms with van der Waals surface area (Å²) in [5, 5.41) is 4.64. The van der Waals surface area contributed by atoms with Crippen LogP contribution in [0.15, 0.2) is 42.9 Å². The molecule has 6 heteroatoms. The smallest absolute Gasteiger partial charge is 0.123 e. The van der Waals surface area contributed by atoms with Gasteiger partial charge in [0.2, 0.25) is 0 Å². The fourth-order valence-corrected chi connectivity index (χ4v) is 2.90. The van der Waals surface area contributed by atoms with Crippen LogP contribution in [0.5, 0.6) is 0 Å². The van der Waals surface area contributed by atoms with Gasteiger partial charge in [-0.1, -0.05) is 0 Å². The zero-order chi connectivity index (χ0) is 18.0. The molecular weight excluding hydrogens is 317 g/mol. The van der Waals surface area contributed by atoms with E-state index in [1.54, 1.807) is 24.7 Å². The summed E-state index contributed by atoms with van der Waals surface area (Å²) >= 11 is 0. The van der Waals surface area contributed by atoms with Crippen LogP contribution in [-0.2, 0) is 6.54 Å². The van der Waals surface area contributed by atoms with E-state index in [0.717, 1.165) is 29.3 Å². The van der Waals surface area contributed by atoms with Crippen molar-refractivity contribution in [2.24, 2.45) is 0 Å². The summed E-state index contributed by atoms with van der Waals surface area (Å²) < 4.78 is 15.0. The molecule has 0 aliphatic rings. The van der Waals surface area contributed by atoms with Gasteiger partial charge in [0.25, 0.3) is 0 Å². The molecule has 0 aliphatic carbocycles. The van der Waals surface area contributed by atoms with Crippen molar-refractivity contribution >= 4 is 0 Å². The third-order valence-corrected chi connectivity index (χ3v) is 4.61. The maximum Gasteiger partial charge on any atom is 0.123 e. The Kier molecular flexibility index (Phi) is 4.90. The highest BCUT2D eigenvalue weighted by atomic mass is 19.1. The van der Waals surface area contributed by atoms with Gasteiger partial charge in [0.1, 0.15) is 12.1 Å². The quantitative estimate of drug-likeness (QED) is 0.712. The second-order valence-corrected chi connectivity index (χ2v) is 6.26. The van der Waals surface area contributed by atoms with E-state index in [1.807, 2.05) is 24.6 Å². The molecule has 0 saturated heterocycles. The van der Waals surface area contributed by atoms with E-state index in [2.05, 4.69) is 33.9 Å². The molecule has 0 amide bonds. The summed E-state index contributed by atoms with van der Waals surface area (Å²) in [6, 6.07) is 8.49. The van der Waals surface area contributed by atoms with Gasteiger partial charge in [0.05, 0.1) is 17.1 Å². The van der Waals surface area contributed by atoms with Crippen LogP contribution in [0.1, 0.15) is 35.6 Å². The number of rotatable bonds is 5. The third kappa shape index (κ3) is 3.58. The number of halogens is 1. The molecule has 2 aromatic heterocycles. The first kappa shape index (κ1) is 17.2. The Morgan fingerprint density at radius 3 is 2.52 bits per heavy atom. The van der Waals surface area contributed by atoms with Crippen LogP contribution < -0.4 is 0 Å². The largest absolute Gasteiger partial charge is 0.294 e. The van der Waals surface area contributed by atoms with Crippen molar-refractivity contribution in [2.75, 3.05) is 7.05 Å². The van der Waals surface area contributed by atoms with Gasteiger partial charge in [-0.3, -0.25) is 4.90 Å². The number of aromatic nitrogens is 4. The highest BCUT2D eigenvalue weighted by molar-refractivity contribution is 5.37. The summed E-state index contributed by atoms with van der Waals surface area (Å²) in [5.41, 5.74) is 5.06. The molecule has 0 spiro atoms. The van der Waals surface area contributed by atoms with Gasteiger partial charge in [-0.25, -0.2) is 19.0 Å². The van der Waals surface area contributed by atoms with Crippen molar-refractivity contribution in [3.05, 3.63) is 71.3 Å². The molecule has 25 heavy (non-hydrogen) atoms. The predicted octanol–water partition coefficient (Wildman–Crippen LogP) is 3.61. The van der Waals surface area contributed by atoms with E-state index in [-0.39, 0.29) is 11.9 Å². The summed E-state index contributed by atoms with van der Waals surface area (Å²) in [6.07, 6.45) is 3.33. The van der Waals surface area contributed by atoms with Crippen LogP contribution in [0.3, 0.4) is 0 Å². The van der Waals surface area contributed by atoms with Crippen LogP contribution >= 0.6 is 0 Å². The van der Waals surface area contributed by atoms with E-state index >= 15 is 0 Å². The summed E-state index contributed by atoms with van der Waals surface area (Å²) in [4.78, 5) is 10.5. The maximum atomic E-state index is 13.2. The first-order valence-corrected chi connectivity index (χ1v) is 8.24. The minimum atomic E-state index is -0.246. The Labute approximate surface area is 147 Å². The van der Waals surface area contributed by atoms with Gasteiger partial charge in [0.15, 0.2) is 0 Å². The second kappa shape index (κ2) is 7.11. The van der Waals surface area contributed by atoms with Crippen molar-refractivity contribution < 1.29 is 4.39 Å². The molecule has 3 aromatic rings. The lowest BCUT2D eigenvalue weighted by atomic mass is 10.1. The average Bonchev–Trinajstić information content (AvgIpc) is 2.90. The van der Waals surface area contributed by atoms with Crippen molar-refractivity contribution in [3.8, 4) is 5.69 Å². The maximum absolute atomic E-state index is 13.2. The molecule has 1 atom stereocenters. The molecule has 0 fully saturated rings. The standard InChI is InChI=1S/C19H22FN5/c1-13-18(11-24(4)15(3)19-9-10-21-12-22-19)14(2)25(23-13)17-7-5-16(20)6-8-17/h5-10,12,15H,11H2,1-4H3/t15-/m0/s1. The topological polar surface area (TPSA) is 46.8 Å². The minimum Gasteiger partial charge on any atom is -0.294 e. The van der Waals surface area contributed by atoms with Crippen LogP contribution in [0, 0.1) is 19.7 Å². The third-order valence-electron chi connectivity index (χ3n) is 4.61. The van der Waals surface area contributed by atoms with Gasteiger partial charge in [-0.15, -0.1) is 0 Å². The molecule has 0 bridgehead atoms. The van der Waals surface area contributed by atoms with Crippen LogP contribution in [0.25, 0.3) is 5.69 Å². The zero-order valence-electron chi connectivity index (χ0n) is 14.9. The monoisotopic (exact) mass is 339 g/mol. The molecule has 0 aliphatic heterocycles. The van der Waals surface area contributed by atoms with Gasteiger partial charge in [-0.05, 0) is 58.2 Å². The molecule has 0 saturated carbocycles. The minimum absolute atomic E-state index is 0.163. The molecule has 0 N–H and O–H groups in total. The number of aryl methyl sites for hydroxylation is 1. The van der Waals surface area contributed by atoms with Gasteiger partial charge < -0.3 is 0 Å². The lowest BCUT2D eigenvalue weighted by Crippen LogP contribution is -2.23. The number of hydrogen-bond acceptors (Lipinski definition) is 4. The molecular formula is C19H22FN5. The molecule has 5 nitrogen and oxygen atoms in total. The van der Waals surface area contributed by atoms with Crippen LogP contribution in [0.4, 0.5) is 4.39 Å². The van der Waals surface area contributed by atoms with E-state index in [9.17, 15) is 4.39 Å². The van der Waals surface area contributed by atoms with Crippen molar-refractivity contribution in [3.63, 3.8) is 0 Å². The summed E-state index contributed by atoms with van der Waals surface area (Å²) in [6.45, 7) is 6.93. The Hall–Kier alpha value is -2.60. The average molecular weight is 339 g/mol. The Morgan fingerprint density at radius 2 is 1.88 bits per heavy atom. The van der Waals surface area contributed by atoms with E-state index in [0.29, 0.717) is 0 Å². The van der Waals surface area contributed by atoms with E-state index in [1.165, 1.54) is 17.7 Å². The molecule has 0 radical (unpaired) electrons. The Bertz CT molecular complexity index is 842. The molecule has 2 heterocycles. The SMILES string of the molecule is Cc1nn(-c2ccc(F)cc2)c(C)c1CN(C)[C@@H](C)c1ccncn1. The fraction of sp³-hybridized carbons (Fsp3) is 0.316. The molecule has 1 aromatic carbocycles. The Morgan fingerprint density at radius 1 is 1.16 bits per heavy atom. The van der Waals surface area contributed by atoms with Crippen molar-refractivity contribution in [1.29, 1.82) is 0 Å². The first-order valence-electron chi connectivity index (χ1n) is 8.24. The highest BCUT2D eigenvalue weighted by Gasteiger charge is 2.18. The van der Waals surface area contributed by atoms with Crippen LogP contribution in [0.2, 0.25) is 0 Å². The molecule has 0 unspecified atom stereocenters. The van der Waals surface area contributed by atoms with Gasteiger partial charge >= 0.3 is 0 Å². The number of nitrogens with zero attached hydrogens (tertiary/aromatic N) is 5. The highest BCUT2D eigenvalue weighted by Crippen LogP contribution is 2.23. The van der Waals surface area contributed by atoms with Crippen molar-refractivity contribution in [2.45, 2.75) is 33.4 Å². The molecule has 130 valence electrons. The first-order chi connectivity index (χ1) is 12.0. The van der Waals surface area contributed by atoms with Crippen LogP contribution in [-0.4, -0.2) is 31.7 Å². The van der Waals surface area contributed by atoms with Crippen molar-refractivity contribution in [1.82, 2.24) is 24.6 Å². The molecule has 3 rings (SSSR count). The normalized spacial score (nSPS) is 12.6. The lowest BCUT2D eigenvalue weighted by Gasteiger charge is -2.24. The summed E-state index contributed by atoms with van der Waals surface area (Å²) in [7, 11) is 2.07. The van der Waals surface area contributed by atoms with Gasteiger partial charge in [0, 0.05) is 30.0 Å². The van der Waals surface area contributed by atoms with E-state index in [4.69, 9.17) is 0 Å². The number of hydrogen-bond donors (Lipinski definition) is 0. The number of benzene rings is 1.